The van der Waals surface area contributed by atoms with Crippen LogP contribution in [0.15, 0.2) is 84.4 Å². The molecule has 1 heterocycles. The van der Waals surface area contributed by atoms with E-state index >= 15 is 0 Å². The largest absolute Gasteiger partial charge is 0.507 e. The van der Waals surface area contributed by atoms with Crippen molar-refractivity contribution in [1.29, 1.82) is 0 Å². The fraction of sp³-hybridized carbons (Fsp3) is 0.267. The van der Waals surface area contributed by atoms with E-state index in [0.717, 1.165) is 11.1 Å². The Balaban J connectivity index is 1.82. The quantitative estimate of drug-likeness (QED) is 0.267. The average Bonchev–Trinajstić information content (AvgIpc) is 3.09. The van der Waals surface area contributed by atoms with Gasteiger partial charge in [0.05, 0.1) is 17.7 Å². The predicted molar refractivity (Wildman–Crippen MR) is 139 cm³/mol. The normalized spacial score (nSPS) is 17.8. The van der Waals surface area contributed by atoms with Gasteiger partial charge in [-0.15, -0.1) is 0 Å². The Kier molecular flexibility index (Phi) is 6.53. The van der Waals surface area contributed by atoms with Gasteiger partial charge in [-0.25, -0.2) is 0 Å². The molecule has 1 N–H and O–H groups in total. The van der Waals surface area contributed by atoms with Crippen LogP contribution in [0.2, 0.25) is 0 Å². The van der Waals surface area contributed by atoms with Crippen LogP contribution in [0.5, 0.6) is 5.75 Å². The minimum atomic E-state index is -0.747. The molecule has 1 fully saturated rings. The first-order valence-electron chi connectivity index (χ1n) is 11.8. The number of benzene rings is 3. The minimum Gasteiger partial charge on any atom is -0.507 e. The lowest BCUT2D eigenvalue weighted by Crippen LogP contribution is -2.29. The van der Waals surface area contributed by atoms with Crippen LogP contribution in [0.3, 0.4) is 0 Å². The number of amides is 1. The number of ether oxygens (including phenoxy) is 1. The summed E-state index contributed by atoms with van der Waals surface area (Å²) >= 11 is 0. The summed E-state index contributed by atoms with van der Waals surface area (Å²) in [6, 6.07) is 23.1. The summed E-state index contributed by atoms with van der Waals surface area (Å²) in [5.74, 6) is -0.917. The van der Waals surface area contributed by atoms with E-state index in [1.807, 2.05) is 68.4 Å². The maximum atomic E-state index is 13.3. The molecule has 1 atom stereocenters. The molecule has 5 nitrogen and oxygen atoms in total. The highest BCUT2D eigenvalue weighted by atomic mass is 16.5. The fourth-order valence-corrected chi connectivity index (χ4v) is 4.29. The van der Waals surface area contributed by atoms with E-state index in [0.29, 0.717) is 17.0 Å². The number of aliphatic hydroxyl groups is 1. The van der Waals surface area contributed by atoms with Crippen LogP contribution in [-0.2, 0) is 15.0 Å². The lowest BCUT2D eigenvalue weighted by molar-refractivity contribution is -0.132. The van der Waals surface area contributed by atoms with Crippen LogP contribution in [0.25, 0.3) is 5.76 Å². The minimum absolute atomic E-state index is 0.0162. The maximum absolute atomic E-state index is 13.3. The second-order valence-corrected chi connectivity index (χ2v) is 10.1. The first-order valence-corrected chi connectivity index (χ1v) is 11.8. The molecule has 1 saturated heterocycles. The zero-order chi connectivity index (χ0) is 25.3. The monoisotopic (exact) mass is 469 g/mol. The molecule has 1 amide bonds. The average molecular weight is 470 g/mol. The molecule has 1 aliphatic heterocycles. The topological polar surface area (TPSA) is 66.8 Å². The summed E-state index contributed by atoms with van der Waals surface area (Å²) in [5.41, 5.74) is 2.94. The first-order chi connectivity index (χ1) is 16.6. The van der Waals surface area contributed by atoms with E-state index in [9.17, 15) is 14.7 Å². The Labute approximate surface area is 206 Å². The van der Waals surface area contributed by atoms with Crippen LogP contribution in [0, 0.1) is 0 Å². The van der Waals surface area contributed by atoms with Crippen LogP contribution >= 0.6 is 0 Å². The number of nitrogens with zero attached hydrogens (tertiary/aromatic N) is 1. The number of anilines is 1. The van der Waals surface area contributed by atoms with Gasteiger partial charge in [-0.1, -0.05) is 63.2 Å². The van der Waals surface area contributed by atoms with Crippen LogP contribution < -0.4 is 9.64 Å². The lowest BCUT2D eigenvalue weighted by Gasteiger charge is -2.26. The molecule has 0 aliphatic carbocycles. The molecule has 0 aromatic heterocycles. The Bertz CT molecular complexity index is 1250. The third-order valence-electron chi connectivity index (χ3n) is 6.07. The van der Waals surface area contributed by atoms with Gasteiger partial charge in [-0.3, -0.25) is 14.5 Å². The summed E-state index contributed by atoms with van der Waals surface area (Å²) in [5, 5.41) is 11.3. The number of ketones is 1. The molecule has 0 saturated carbocycles. The van der Waals surface area contributed by atoms with Crippen molar-refractivity contribution in [2.75, 3.05) is 4.90 Å². The summed E-state index contributed by atoms with van der Waals surface area (Å²) < 4.78 is 5.68. The smallest absolute Gasteiger partial charge is 0.300 e. The van der Waals surface area contributed by atoms with Gasteiger partial charge in [0.2, 0.25) is 0 Å². The van der Waals surface area contributed by atoms with Crippen molar-refractivity contribution in [3.05, 3.63) is 101 Å². The van der Waals surface area contributed by atoms with Gasteiger partial charge in [-0.05, 0) is 66.8 Å². The number of hydrogen-bond donors (Lipinski definition) is 1. The summed E-state index contributed by atoms with van der Waals surface area (Å²) in [6.07, 6.45) is 0.0162. The van der Waals surface area contributed by atoms with Crippen molar-refractivity contribution in [1.82, 2.24) is 0 Å². The van der Waals surface area contributed by atoms with Gasteiger partial charge >= 0.3 is 0 Å². The Morgan fingerprint density at radius 3 is 2.03 bits per heavy atom. The van der Waals surface area contributed by atoms with Gasteiger partial charge in [0.1, 0.15) is 11.5 Å². The van der Waals surface area contributed by atoms with Crippen molar-refractivity contribution in [2.45, 2.75) is 52.2 Å². The predicted octanol–water partition coefficient (Wildman–Crippen LogP) is 6.40. The van der Waals surface area contributed by atoms with E-state index in [-0.39, 0.29) is 22.9 Å². The van der Waals surface area contributed by atoms with Gasteiger partial charge in [0.25, 0.3) is 11.7 Å². The van der Waals surface area contributed by atoms with Crippen LogP contribution in [0.4, 0.5) is 5.69 Å². The fourth-order valence-electron chi connectivity index (χ4n) is 4.29. The third-order valence-corrected chi connectivity index (χ3v) is 6.07. The number of aliphatic hydroxyl groups excluding tert-OH is 1. The molecular weight excluding hydrogens is 438 g/mol. The number of carbonyl (C=O) groups is 2. The third kappa shape index (κ3) is 4.85. The molecule has 35 heavy (non-hydrogen) atoms. The molecule has 0 spiro atoms. The molecule has 180 valence electrons. The lowest BCUT2D eigenvalue weighted by atomic mass is 9.87. The van der Waals surface area contributed by atoms with Crippen molar-refractivity contribution >= 4 is 23.1 Å². The maximum Gasteiger partial charge on any atom is 0.300 e. The Morgan fingerprint density at radius 2 is 1.49 bits per heavy atom. The second kappa shape index (κ2) is 9.41. The van der Waals surface area contributed by atoms with Gasteiger partial charge < -0.3 is 9.84 Å². The number of Topliss-reactive ketones (excluding diaryl/α,β-unsaturated/α-hetero) is 1. The molecule has 4 rings (SSSR count). The van der Waals surface area contributed by atoms with Crippen LogP contribution in [-0.4, -0.2) is 22.9 Å². The van der Waals surface area contributed by atoms with Crippen molar-refractivity contribution in [3.63, 3.8) is 0 Å². The van der Waals surface area contributed by atoms with Gasteiger partial charge in [0.15, 0.2) is 0 Å². The SMILES string of the molecule is CC(C)Oc1ccc(/C(O)=C2\C(=O)C(=O)N(c3ccc(C(C)(C)C)cc3)C2c2ccccc2)cc1. The highest BCUT2D eigenvalue weighted by Gasteiger charge is 2.46. The summed E-state index contributed by atoms with van der Waals surface area (Å²) in [6.45, 7) is 10.2. The summed E-state index contributed by atoms with van der Waals surface area (Å²) in [7, 11) is 0. The van der Waals surface area contributed by atoms with Crippen LogP contribution in [0.1, 0.15) is 57.4 Å². The number of rotatable bonds is 5. The highest BCUT2D eigenvalue weighted by molar-refractivity contribution is 6.51. The van der Waals surface area contributed by atoms with E-state index in [1.54, 1.807) is 24.3 Å². The molecule has 3 aromatic rings. The zero-order valence-corrected chi connectivity index (χ0v) is 20.8. The van der Waals surface area contributed by atoms with E-state index in [4.69, 9.17) is 4.74 Å². The Morgan fingerprint density at radius 1 is 0.886 bits per heavy atom. The van der Waals surface area contributed by atoms with Gasteiger partial charge in [0, 0.05) is 11.3 Å². The standard InChI is InChI=1S/C30H31NO4/c1-19(2)35-24-17-11-21(12-18-24)27(32)25-26(20-9-7-6-8-10-20)31(29(34)28(25)33)23-15-13-22(14-16-23)30(3,4)5/h6-19,26,32H,1-5H3/b27-25+. The molecule has 1 unspecified atom stereocenters. The van der Waals surface area contributed by atoms with E-state index in [2.05, 4.69) is 20.8 Å². The molecular formula is C30H31NO4. The molecule has 0 bridgehead atoms. The molecule has 0 radical (unpaired) electrons. The summed E-state index contributed by atoms with van der Waals surface area (Å²) in [4.78, 5) is 28.1. The van der Waals surface area contributed by atoms with E-state index in [1.165, 1.54) is 4.90 Å². The molecule has 5 heteroatoms. The van der Waals surface area contributed by atoms with E-state index < -0.39 is 17.7 Å². The number of hydrogen-bond acceptors (Lipinski definition) is 4. The second-order valence-electron chi connectivity index (χ2n) is 10.1. The number of carbonyl (C=O) groups excluding carboxylic acids is 2. The van der Waals surface area contributed by atoms with Crippen molar-refractivity contribution in [3.8, 4) is 5.75 Å². The first kappa shape index (κ1) is 24.3. The van der Waals surface area contributed by atoms with Gasteiger partial charge in [-0.2, -0.15) is 0 Å². The van der Waals surface area contributed by atoms with Crippen molar-refractivity contribution < 1.29 is 19.4 Å². The molecule has 1 aliphatic rings. The zero-order valence-electron chi connectivity index (χ0n) is 20.8. The highest BCUT2D eigenvalue weighted by Crippen LogP contribution is 2.42. The Hall–Kier alpha value is -3.86. The van der Waals surface area contributed by atoms with Crippen molar-refractivity contribution in [2.24, 2.45) is 0 Å². The molecule has 3 aromatic carbocycles.